The molecule has 0 bridgehead atoms. The monoisotopic (exact) mass is 207 g/mol. The number of nitrogens with one attached hydrogen (secondary N) is 1. The Kier molecular flexibility index (Phi) is 1.71. The minimum absolute atomic E-state index is 0.513. The maximum atomic E-state index is 5.23. The van der Waals surface area contributed by atoms with Gasteiger partial charge in [-0.05, 0) is 31.0 Å². The Morgan fingerprint density at radius 3 is 3.00 bits per heavy atom. The molecule has 1 aromatic rings. The van der Waals surface area contributed by atoms with Gasteiger partial charge in [0.15, 0.2) is 0 Å². The molecule has 1 aromatic carbocycles. The number of thioether (sulfide) groups is 1. The Bertz CT molecular complexity index is 374. The quantitative estimate of drug-likeness (QED) is 0.765. The number of hydrogen-bond donors (Lipinski definition) is 1. The summed E-state index contributed by atoms with van der Waals surface area (Å²) in [6, 6.07) is 6.25. The van der Waals surface area contributed by atoms with Crippen LogP contribution in [0, 0.1) is 0 Å². The lowest BCUT2D eigenvalue weighted by Gasteiger charge is -2.25. The molecule has 0 radical (unpaired) electrons. The second-order valence-electron chi connectivity index (χ2n) is 4.00. The minimum atomic E-state index is 0.513. The van der Waals surface area contributed by atoms with Crippen molar-refractivity contribution in [2.75, 3.05) is 19.0 Å². The molecule has 0 saturated heterocycles. The highest BCUT2D eigenvalue weighted by molar-refractivity contribution is 8.01. The highest BCUT2D eigenvalue weighted by Crippen LogP contribution is 2.56. The van der Waals surface area contributed by atoms with Gasteiger partial charge < -0.3 is 10.1 Å². The highest BCUT2D eigenvalue weighted by Gasteiger charge is 2.46. The van der Waals surface area contributed by atoms with E-state index in [4.69, 9.17) is 4.74 Å². The van der Waals surface area contributed by atoms with E-state index in [1.807, 2.05) is 17.8 Å². The van der Waals surface area contributed by atoms with Gasteiger partial charge in [0.1, 0.15) is 5.75 Å². The van der Waals surface area contributed by atoms with E-state index in [1.165, 1.54) is 23.4 Å². The second-order valence-corrected chi connectivity index (χ2v) is 5.51. The molecule has 1 N–H and O–H groups in total. The number of fused-ring (bicyclic) bond motifs is 1. The molecule has 0 amide bonds. The number of ether oxygens (including phenoxy) is 1. The van der Waals surface area contributed by atoms with Crippen molar-refractivity contribution in [3.63, 3.8) is 0 Å². The lowest BCUT2D eigenvalue weighted by molar-refractivity contribution is 0.413. The summed E-state index contributed by atoms with van der Waals surface area (Å²) in [5.74, 6) is 0.954. The van der Waals surface area contributed by atoms with Gasteiger partial charge in [-0.1, -0.05) is 0 Å². The number of rotatable bonds is 1. The molecule has 74 valence electrons. The predicted octanol–water partition coefficient (Wildman–Crippen LogP) is 2.75. The zero-order valence-corrected chi connectivity index (χ0v) is 8.99. The van der Waals surface area contributed by atoms with Gasteiger partial charge in [-0.15, -0.1) is 11.8 Å². The molecule has 0 atom stereocenters. The van der Waals surface area contributed by atoms with Gasteiger partial charge in [0.25, 0.3) is 0 Å². The van der Waals surface area contributed by atoms with Crippen molar-refractivity contribution in [3.05, 3.63) is 18.2 Å². The van der Waals surface area contributed by atoms with E-state index >= 15 is 0 Å². The number of anilines is 1. The van der Waals surface area contributed by atoms with Crippen molar-refractivity contribution < 1.29 is 4.74 Å². The zero-order chi connectivity index (χ0) is 9.60. The SMILES string of the molecule is COc1ccc2c(c1)SC1(CC1)CN2. The molecule has 1 aliphatic heterocycles. The van der Waals surface area contributed by atoms with Crippen molar-refractivity contribution >= 4 is 17.4 Å². The van der Waals surface area contributed by atoms with E-state index in [2.05, 4.69) is 17.4 Å². The van der Waals surface area contributed by atoms with E-state index in [-0.39, 0.29) is 0 Å². The molecule has 1 spiro atoms. The topological polar surface area (TPSA) is 21.3 Å². The Balaban J connectivity index is 1.97. The van der Waals surface area contributed by atoms with E-state index in [1.54, 1.807) is 7.11 Å². The molecule has 14 heavy (non-hydrogen) atoms. The van der Waals surface area contributed by atoms with Crippen molar-refractivity contribution in [1.29, 1.82) is 0 Å². The molecule has 0 unspecified atom stereocenters. The summed E-state index contributed by atoms with van der Waals surface area (Å²) in [6.45, 7) is 1.12. The average Bonchev–Trinajstić information content (AvgIpc) is 2.97. The average molecular weight is 207 g/mol. The largest absolute Gasteiger partial charge is 0.497 e. The summed E-state index contributed by atoms with van der Waals surface area (Å²) in [4.78, 5) is 1.34. The number of benzene rings is 1. The summed E-state index contributed by atoms with van der Waals surface area (Å²) in [5.41, 5.74) is 1.26. The zero-order valence-electron chi connectivity index (χ0n) is 8.17. The number of methoxy groups -OCH3 is 1. The summed E-state index contributed by atoms with van der Waals surface area (Å²) in [7, 11) is 1.72. The van der Waals surface area contributed by atoms with Crippen LogP contribution in [0.3, 0.4) is 0 Å². The van der Waals surface area contributed by atoms with Crippen molar-refractivity contribution in [1.82, 2.24) is 0 Å². The molecule has 1 fully saturated rings. The fraction of sp³-hybridized carbons (Fsp3) is 0.455. The Labute approximate surface area is 88.0 Å². The summed E-state index contributed by atoms with van der Waals surface area (Å²) >= 11 is 2.01. The Hall–Kier alpha value is -0.830. The van der Waals surface area contributed by atoms with Crippen LogP contribution in [0.25, 0.3) is 0 Å². The number of hydrogen-bond acceptors (Lipinski definition) is 3. The van der Waals surface area contributed by atoms with Crippen molar-refractivity contribution in [2.24, 2.45) is 0 Å². The van der Waals surface area contributed by atoms with Crippen LogP contribution in [0.5, 0.6) is 5.75 Å². The Morgan fingerprint density at radius 1 is 1.43 bits per heavy atom. The molecule has 1 aliphatic carbocycles. The maximum absolute atomic E-state index is 5.23. The Morgan fingerprint density at radius 2 is 2.29 bits per heavy atom. The summed E-state index contributed by atoms with van der Waals surface area (Å²) < 4.78 is 5.74. The molecule has 3 heteroatoms. The van der Waals surface area contributed by atoms with Crippen LogP contribution >= 0.6 is 11.8 Å². The van der Waals surface area contributed by atoms with Crippen LogP contribution in [0.1, 0.15) is 12.8 Å². The normalized spacial score (nSPS) is 21.2. The standard InChI is InChI=1S/C11H13NOS/c1-13-8-2-3-9-10(6-8)14-11(4-5-11)7-12-9/h2-3,6,12H,4-5,7H2,1H3. The molecule has 2 aliphatic rings. The van der Waals surface area contributed by atoms with Crippen molar-refractivity contribution in [3.8, 4) is 5.75 Å². The fourth-order valence-corrected chi connectivity index (χ4v) is 3.15. The lowest BCUT2D eigenvalue weighted by Crippen LogP contribution is -2.22. The van der Waals surface area contributed by atoms with Crippen LogP contribution in [-0.2, 0) is 0 Å². The molecular formula is C11H13NOS. The van der Waals surface area contributed by atoms with Crippen molar-refractivity contribution in [2.45, 2.75) is 22.5 Å². The minimum Gasteiger partial charge on any atom is -0.497 e. The third-order valence-corrected chi connectivity index (χ3v) is 4.47. The van der Waals surface area contributed by atoms with Gasteiger partial charge in [0, 0.05) is 21.9 Å². The van der Waals surface area contributed by atoms with Crippen LogP contribution < -0.4 is 10.1 Å². The van der Waals surface area contributed by atoms with Gasteiger partial charge in [-0.3, -0.25) is 0 Å². The fourth-order valence-electron chi connectivity index (χ4n) is 1.80. The maximum Gasteiger partial charge on any atom is 0.120 e. The van der Waals surface area contributed by atoms with E-state index in [0.717, 1.165) is 12.3 Å². The molecular weight excluding hydrogens is 194 g/mol. The summed E-state index contributed by atoms with van der Waals surface area (Å²) in [5, 5.41) is 3.49. The smallest absolute Gasteiger partial charge is 0.120 e. The first-order chi connectivity index (χ1) is 6.81. The first kappa shape index (κ1) is 8.48. The van der Waals surface area contributed by atoms with E-state index in [0.29, 0.717) is 4.75 Å². The molecule has 0 aromatic heterocycles. The lowest BCUT2D eigenvalue weighted by atomic mass is 10.2. The molecule has 1 heterocycles. The van der Waals surface area contributed by atoms with Crippen LogP contribution in [0.4, 0.5) is 5.69 Å². The van der Waals surface area contributed by atoms with Crippen LogP contribution in [0.15, 0.2) is 23.1 Å². The predicted molar refractivity (Wildman–Crippen MR) is 59.3 cm³/mol. The van der Waals surface area contributed by atoms with E-state index < -0.39 is 0 Å². The van der Waals surface area contributed by atoms with Crippen LogP contribution in [0.2, 0.25) is 0 Å². The molecule has 3 rings (SSSR count). The van der Waals surface area contributed by atoms with E-state index in [9.17, 15) is 0 Å². The van der Waals surface area contributed by atoms with Gasteiger partial charge in [-0.25, -0.2) is 0 Å². The molecule has 1 saturated carbocycles. The summed E-state index contributed by atoms with van der Waals surface area (Å²) in [6.07, 6.45) is 2.70. The van der Waals surface area contributed by atoms with Gasteiger partial charge in [0.2, 0.25) is 0 Å². The van der Waals surface area contributed by atoms with Crippen LogP contribution in [-0.4, -0.2) is 18.4 Å². The first-order valence-corrected chi connectivity index (χ1v) is 5.74. The van der Waals surface area contributed by atoms with Gasteiger partial charge in [-0.2, -0.15) is 0 Å². The third-order valence-electron chi connectivity index (χ3n) is 2.92. The third kappa shape index (κ3) is 1.27. The highest BCUT2D eigenvalue weighted by atomic mass is 32.2. The second kappa shape index (κ2) is 2.83. The first-order valence-electron chi connectivity index (χ1n) is 4.92. The van der Waals surface area contributed by atoms with Gasteiger partial charge in [0.05, 0.1) is 7.11 Å². The van der Waals surface area contributed by atoms with Gasteiger partial charge >= 0.3 is 0 Å². The molecule has 2 nitrogen and oxygen atoms in total.